The monoisotopic (exact) mass is 365 g/mol. The minimum atomic E-state index is -0.626. The normalized spacial score (nSPS) is 15.0. The van der Waals surface area contributed by atoms with E-state index in [-0.39, 0.29) is 12.2 Å². The van der Waals surface area contributed by atoms with Gasteiger partial charge in [0.25, 0.3) is 5.91 Å². The molecule has 2 aromatic carbocycles. The molecule has 0 radical (unpaired) electrons. The Kier molecular flexibility index (Phi) is 5.21. The number of anilines is 1. The highest BCUT2D eigenvalue weighted by molar-refractivity contribution is 6.15. The number of rotatable bonds is 5. The SMILES string of the molecule is COc1ccc(C=C2NC(=O)N(CC(=O)Nc3ccc(C)cc3)C2=O)cc1. The number of urea groups is 1. The fourth-order valence-corrected chi connectivity index (χ4v) is 2.56. The molecule has 1 heterocycles. The maximum Gasteiger partial charge on any atom is 0.329 e. The molecule has 0 aromatic heterocycles. The molecule has 1 saturated heterocycles. The van der Waals surface area contributed by atoms with Crippen LogP contribution in [0.2, 0.25) is 0 Å². The largest absolute Gasteiger partial charge is 0.497 e. The van der Waals surface area contributed by atoms with Gasteiger partial charge in [-0.15, -0.1) is 0 Å². The standard InChI is InChI=1S/C20H19N3O4/c1-13-3-7-15(8-4-13)21-18(24)12-23-19(25)17(22-20(23)26)11-14-5-9-16(27-2)10-6-14/h3-11H,12H2,1-2H3,(H,21,24)(H,22,26). The highest BCUT2D eigenvalue weighted by Crippen LogP contribution is 2.17. The van der Waals surface area contributed by atoms with Crippen molar-refractivity contribution in [2.75, 3.05) is 19.0 Å². The second-order valence-corrected chi connectivity index (χ2v) is 6.07. The summed E-state index contributed by atoms with van der Waals surface area (Å²) in [7, 11) is 1.56. The highest BCUT2D eigenvalue weighted by atomic mass is 16.5. The molecule has 0 bridgehead atoms. The molecule has 1 aliphatic heterocycles. The van der Waals surface area contributed by atoms with E-state index in [1.165, 1.54) is 0 Å². The third-order valence-corrected chi connectivity index (χ3v) is 4.03. The highest BCUT2D eigenvalue weighted by Gasteiger charge is 2.34. The van der Waals surface area contributed by atoms with Gasteiger partial charge < -0.3 is 15.4 Å². The molecule has 0 aliphatic carbocycles. The maximum absolute atomic E-state index is 12.4. The molecule has 0 unspecified atom stereocenters. The molecular weight excluding hydrogens is 346 g/mol. The van der Waals surface area contributed by atoms with E-state index >= 15 is 0 Å². The first kappa shape index (κ1) is 18.2. The molecule has 2 aromatic rings. The Bertz CT molecular complexity index is 902. The number of amides is 4. The molecule has 0 saturated carbocycles. The lowest BCUT2D eigenvalue weighted by atomic mass is 10.2. The number of hydrogen-bond donors (Lipinski definition) is 2. The average Bonchev–Trinajstić information content (AvgIpc) is 2.91. The molecule has 7 heteroatoms. The lowest BCUT2D eigenvalue weighted by Gasteiger charge is -2.12. The average molecular weight is 365 g/mol. The van der Waals surface area contributed by atoms with E-state index in [4.69, 9.17) is 4.74 Å². The molecule has 1 aliphatic rings. The smallest absolute Gasteiger partial charge is 0.329 e. The van der Waals surface area contributed by atoms with Crippen LogP contribution in [0.4, 0.5) is 10.5 Å². The van der Waals surface area contributed by atoms with Crippen LogP contribution in [-0.4, -0.2) is 36.4 Å². The number of hydrogen-bond acceptors (Lipinski definition) is 4. The Morgan fingerprint density at radius 3 is 2.41 bits per heavy atom. The van der Waals surface area contributed by atoms with Crippen molar-refractivity contribution >= 4 is 29.6 Å². The van der Waals surface area contributed by atoms with Crippen molar-refractivity contribution in [2.45, 2.75) is 6.92 Å². The van der Waals surface area contributed by atoms with Crippen molar-refractivity contribution in [1.29, 1.82) is 0 Å². The number of carbonyl (C=O) groups excluding carboxylic acids is 3. The van der Waals surface area contributed by atoms with Crippen LogP contribution in [0, 0.1) is 6.92 Å². The van der Waals surface area contributed by atoms with Crippen LogP contribution in [0.5, 0.6) is 5.75 Å². The van der Waals surface area contributed by atoms with Gasteiger partial charge in [0.1, 0.15) is 18.0 Å². The quantitative estimate of drug-likeness (QED) is 0.630. The lowest BCUT2D eigenvalue weighted by molar-refractivity contribution is -0.127. The van der Waals surface area contributed by atoms with Crippen LogP contribution in [0.3, 0.4) is 0 Å². The molecule has 0 spiro atoms. The van der Waals surface area contributed by atoms with Crippen LogP contribution >= 0.6 is 0 Å². The summed E-state index contributed by atoms with van der Waals surface area (Å²) in [6.07, 6.45) is 1.55. The van der Waals surface area contributed by atoms with Crippen molar-refractivity contribution in [2.24, 2.45) is 0 Å². The van der Waals surface area contributed by atoms with E-state index in [9.17, 15) is 14.4 Å². The van der Waals surface area contributed by atoms with Crippen molar-refractivity contribution < 1.29 is 19.1 Å². The van der Waals surface area contributed by atoms with E-state index in [1.54, 1.807) is 49.6 Å². The van der Waals surface area contributed by atoms with Gasteiger partial charge in [-0.2, -0.15) is 0 Å². The van der Waals surface area contributed by atoms with E-state index in [1.807, 2.05) is 19.1 Å². The summed E-state index contributed by atoms with van der Waals surface area (Å²) in [6.45, 7) is 1.58. The topological polar surface area (TPSA) is 87.7 Å². The first-order chi connectivity index (χ1) is 13.0. The predicted molar refractivity (Wildman–Crippen MR) is 101 cm³/mol. The zero-order chi connectivity index (χ0) is 19.4. The lowest BCUT2D eigenvalue weighted by Crippen LogP contribution is -2.38. The van der Waals surface area contributed by atoms with Crippen LogP contribution < -0.4 is 15.4 Å². The molecule has 7 nitrogen and oxygen atoms in total. The van der Waals surface area contributed by atoms with Gasteiger partial charge >= 0.3 is 6.03 Å². The predicted octanol–water partition coefficient (Wildman–Crippen LogP) is 2.54. The van der Waals surface area contributed by atoms with Gasteiger partial charge in [0, 0.05) is 5.69 Å². The van der Waals surface area contributed by atoms with Crippen molar-refractivity contribution in [3.8, 4) is 5.75 Å². The zero-order valence-electron chi connectivity index (χ0n) is 15.0. The number of nitrogens with zero attached hydrogens (tertiary/aromatic N) is 1. The minimum absolute atomic E-state index is 0.119. The summed E-state index contributed by atoms with van der Waals surface area (Å²) < 4.78 is 5.08. The Labute approximate surface area is 156 Å². The fraction of sp³-hybridized carbons (Fsp3) is 0.150. The Morgan fingerprint density at radius 2 is 1.78 bits per heavy atom. The van der Waals surface area contributed by atoms with Crippen molar-refractivity contribution in [1.82, 2.24) is 10.2 Å². The van der Waals surface area contributed by atoms with Gasteiger partial charge in [-0.25, -0.2) is 9.69 Å². The Morgan fingerprint density at radius 1 is 1.11 bits per heavy atom. The molecule has 27 heavy (non-hydrogen) atoms. The maximum atomic E-state index is 12.4. The Hall–Kier alpha value is -3.61. The summed E-state index contributed by atoms with van der Waals surface area (Å²) in [5, 5.41) is 5.16. The molecule has 0 atom stereocenters. The molecule has 4 amide bonds. The summed E-state index contributed by atoms with van der Waals surface area (Å²) in [5.74, 6) is -0.309. The number of methoxy groups -OCH3 is 1. The molecule has 2 N–H and O–H groups in total. The first-order valence-corrected chi connectivity index (χ1v) is 8.31. The number of benzene rings is 2. The number of nitrogens with one attached hydrogen (secondary N) is 2. The van der Waals surface area contributed by atoms with Gasteiger partial charge in [-0.1, -0.05) is 29.8 Å². The van der Waals surface area contributed by atoms with E-state index in [2.05, 4.69) is 10.6 Å². The minimum Gasteiger partial charge on any atom is -0.497 e. The van der Waals surface area contributed by atoms with Crippen molar-refractivity contribution in [3.63, 3.8) is 0 Å². The van der Waals surface area contributed by atoms with Gasteiger partial charge in [0.2, 0.25) is 5.91 Å². The fourth-order valence-electron chi connectivity index (χ4n) is 2.56. The van der Waals surface area contributed by atoms with Crippen LogP contribution in [0.1, 0.15) is 11.1 Å². The third kappa shape index (κ3) is 4.33. The van der Waals surface area contributed by atoms with Gasteiger partial charge in [-0.05, 0) is 42.8 Å². The molecular formula is C20H19N3O4. The van der Waals surface area contributed by atoms with Gasteiger partial charge in [-0.3, -0.25) is 9.59 Å². The number of aryl methyl sites for hydroxylation is 1. The summed E-state index contributed by atoms with van der Waals surface area (Å²) >= 11 is 0. The van der Waals surface area contributed by atoms with Gasteiger partial charge in [0.05, 0.1) is 7.11 Å². The van der Waals surface area contributed by atoms with Crippen LogP contribution in [0.15, 0.2) is 54.2 Å². The second-order valence-electron chi connectivity index (χ2n) is 6.07. The second kappa shape index (κ2) is 7.74. The Balaban J connectivity index is 1.67. The summed E-state index contributed by atoms with van der Waals surface area (Å²) in [5.41, 5.74) is 2.51. The first-order valence-electron chi connectivity index (χ1n) is 8.31. The third-order valence-electron chi connectivity index (χ3n) is 4.03. The number of ether oxygens (including phenoxy) is 1. The molecule has 1 fully saturated rings. The number of carbonyl (C=O) groups is 3. The zero-order valence-corrected chi connectivity index (χ0v) is 15.0. The van der Waals surface area contributed by atoms with Crippen molar-refractivity contribution in [3.05, 3.63) is 65.4 Å². The van der Waals surface area contributed by atoms with Crippen LogP contribution in [-0.2, 0) is 9.59 Å². The number of imide groups is 1. The van der Waals surface area contributed by atoms with Crippen LogP contribution in [0.25, 0.3) is 6.08 Å². The molecule has 138 valence electrons. The summed E-state index contributed by atoms with van der Waals surface area (Å²) in [4.78, 5) is 37.6. The van der Waals surface area contributed by atoms with E-state index in [0.29, 0.717) is 11.4 Å². The van der Waals surface area contributed by atoms with E-state index in [0.717, 1.165) is 16.0 Å². The van der Waals surface area contributed by atoms with E-state index < -0.39 is 17.8 Å². The van der Waals surface area contributed by atoms with Gasteiger partial charge in [0.15, 0.2) is 0 Å². The molecule has 3 rings (SSSR count). The summed E-state index contributed by atoms with van der Waals surface area (Å²) in [6, 6.07) is 13.6.